The molecule has 124 valence electrons. The smallest absolute Gasteiger partial charge is 0.0594 e. The van der Waals surface area contributed by atoms with Crippen LogP contribution in [0.4, 0.5) is 0 Å². The van der Waals surface area contributed by atoms with E-state index in [1.54, 1.807) is 0 Å². The van der Waals surface area contributed by atoms with Crippen molar-refractivity contribution >= 4 is 11.3 Å². The quantitative estimate of drug-likeness (QED) is 0.882. The van der Waals surface area contributed by atoms with Crippen molar-refractivity contribution in [2.24, 2.45) is 0 Å². The molecule has 0 aliphatic carbocycles. The van der Waals surface area contributed by atoms with Gasteiger partial charge in [-0.2, -0.15) is 0 Å². The Labute approximate surface area is 142 Å². The molecule has 0 aromatic carbocycles. The molecular formula is C18H25N3OS. The Balaban J connectivity index is 1.68. The molecule has 3 heterocycles. The van der Waals surface area contributed by atoms with Crippen molar-refractivity contribution in [3.05, 3.63) is 52.0 Å². The Bertz CT molecular complexity index is 595. The van der Waals surface area contributed by atoms with Crippen molar-refractivity contribution in [2.45, 2.75) is 25.9 Å². The Kier molecular flexibility index (Phi) is 5.78. The number of ether oxygens (including phenoxy) is 1. The van der Waals surface area contributed by atoms with Crippen LogP contribution in [-0.2, 0) is 4.74 Å². The summed E-state index contributed by atoms with van der Waals surface area (Å²) in [5.74, 6) is 0. The molecule has 0 spiro atoms. The van der Waals surface area contributed by atoms with Crippen LogP contribution < -0.4 is 5.32 Å². The van der Waals surface area contributed by atoms with E-state index in [1.165, 1.54) is 15.3 Å². The van der Waals surface area contributed by atoms with E-state index in [0.29, 0.717) is 12.1 Å². The van der Waals surface area contributed by atoms with Gasteiger partial charge in [-0.3, -0.25) is 9.88 Å². The second kappa shape index (κ2) is 8.02. The summed E-state index contributed by atoms with van der Waals surface area (Å²) in [5.41, 5.74) is 1.28. The van der Waals surface area contributed by atoms with Gasteiger partial charge in [0.15, 0.2) is 0 Å². The first-order valence-electron chi connectivity index (χ1n) is 8.25. The number of thiophene rings is 1. The molecule has 0 bridgehead atoms. The average Bonchev–Trinajstić information content (AvgIpc) is 3.03. The summed E-state index contributed by atoms with van der Waals surface area (Å²) in [7, 11) is 0. The van der Waals surface area contributed by atoms with Crippen molar-refractivity contribution in [3.8, 4) is 0 Å². The lowest BCUT2D eigenvalue weighted by molar-refractivity contribution is 0.0164. The van der Waals surface area contributed by atoms with E-state index < -0.39 is 0 Å². The highest BCUT2D eigenvalue weighted by Gasteiger charge is 2.24. The maximum atomic E-state index is 5.52. The van der Waals surface area contributed by atoms with Gasteiger partial charge in [-0.15, -0.1) is 11.3 Å². The first kappa shape index (κ1) is 16.6. The Morgan fingerprint density at radius 3 is 2.61 bits per heavy atom. The third-order valence-corrected chi connectivity index (χ3v) is 5.50. The van der Waals surface area contributed by atoms with Gasteiger partial charge in [0.25, 0.3) is 0 Å². The molecule has 0 saturated carbocycles. The molecule has 4 nitrogen and oxygen atoms in total. The van der Waals surface area contributed by atoms with Crippen LogP contribution in [0.1, 0.15) is 34.3 Å². The van der Waals surface area contributed by atoms with Gasteiger partial charge in [0.05, 0.1) is 19.3 Å². The molecule has 0 radical (unpaired) electrons. The van der Waals surface area contributed by atoms with Crippen LogP contribution in [-0.4, -0.2) is 42.7 Å². The number of pyridine rings is 1. The number of nitrogens with one attached hydrogen (secondary N) is 1. The predicted molar refractivity (Wildman–Crippen MR) is 94.8 cm³/mol. The lowest BCUT2D eigenvalue weighted by Crippen LogP contribution is -2.42. The molecule has 1 aliphatic heterocycles. The maximum absolute atomic E-state index is 5.52. The van der Waals surface area contributed by atoms with E-state index >= 15 is 0 Å². The molecular weight excluding hydrogens is 306 g/mol. The number of nitrogens with zero attached hydrogens (tertiary/aromatic N) is 2. The second-order valence-corrected chi connectivity index (χ2v) is 7.34. The SMILES string of the molecule is Cc1ccc([C@H](CN[C@@H](C)c2ccncc2)N2CCOCC2)s1. The van der Waals surface area contributed by atoms with Crippen LogP contribution in [0, 0.1) is 6.92 Å². The summed E-state index contributed by atoms with van der Waals surface area (Å²) < 4.78 is 5.52. The van der Waals surface area contributed by atoms with Crippen molar-refractivity contribution in [1.82, 2.24) is 15.2 Å². The van der Waals surface area contributed by atoms with Gasteiger partial charge in [0, 0.05) is 47.8 Å². The number of aryl methyl sites for hydroxylation is 1. The topological polar surface area (TPSA) is 37.4 Å². The van der Waals surface area contributed by atoms with Gasteiger partial charge in [-0.1, -0.05) is 0 Å². The lowest BCUT2D eigenvalue weighted by atomic mass is 10.1. The van der Waals surface area contributed by atoms with Crippen molar-refractivity contribution < 1.29 is 4.74 Å². The minimum absolute atomic E-state index is 0.322. The molecule has 5 heteroatoms. The first-order valence-corrected chi connectivity index (χ1v) is 9.07. The van der Waals surface area contributed by atoms with Crippen LogP contribution in [0.3, 0.4) is 0 Å². The highest BCUT2D eigenvalue weighted by molar-refractivity contribution is 7.12. The zero-order valence-corrected chi connectivity index (χ0v) is 14.7. The summed E-state index contributed by atoms with van der Waals surface area (Å²) in [5, 5.41) is 3.70. The van der Waals surface area contributed by atoms with Crippen LogP contribution in [0.5, 0.6) is 0 Å². The normalized spacial score (nSPS) is 18.7. The Morgan fingerprint density at radius 1 is 1.22 bits per heavy atom. The zero-order chi connectivity index (χ0) is 16.1. The number of rotatable bonds is 6. The molecule has 1 saturated heterocycles. The van der Waals surface area contributed by atoms with Crippen LogP contribution >= 0.6 is 11.3 Å². The summed E-state index contributed by atoms with van der Waals surface area (Å²) in [6.45, 7) is 9.02. The standard InChI is InChI=1S/C18H25N3OS/c1-14-3-4-18(23-14)17(21-9-11-22-12-10-21)13-20-15(2)16-5-7-19-8-6-16/h3-8,15,17,20H,9-13H2,1-2H3/t15-,17-/m0/s1. The molecule has 2 aromatic rings. The Hall–Kier alpha value is -1.27. The highest BCUT2D eigenvalue weighted by Crippen LogP contribution is 2.28. The predicted octanol–water partition coefficient (Wildman–Crippen LogP) is 3.18. The number of hydrogen-bond acceptors (Lipinski definition) is 5. The first-order chi connectivity index (χ1) is 11.2. The third kappa shape index (κ3) is 4.38. The molecule has 1 N–H and O–H groups in total. The van der Waals surface area contributed by atoms with Crippen molar-refractivity contribution in [3.63, 3.8) is 0 Å². The number of aromatic nitrogens is 1. The van der Waals surface area contributed by atoms with Crippen LogP contribution in [0.25, 0.3) is 0 Å². The monoisotopic (exact) mass is 331 g/mol. The van der Waals surface area contributed by atoms with Gasteiger partial charge in [0.1, 0.15) is 0 Å². The average molecular weight is 331 g/mol. The maximum Gasteiger partial charge on any atom is 0.0594 e. The van der Waals surface area contributed by atoms with Gasteiger partial charge in [-0.05, 0) is 43.7 Å². The fourth-order valence-corrected chi connectivity index (χ4v) is 4.00. The molecule has 1 aliphatic rings. The summed E-state index contributed by atoms with van der Waals surface area (Å²) in [6.07, 6.45) is 3.71. The Morgan fingerprint density at radius 2 is 1.96 bits per heavy atom. The van der Waals surface area contributed by atoms with Crippen LogP contribution in [0.15, 0.2) is 36.7 Å². The molecule has 0 amide bonds. The summed E-state index contributed by atoms with van der Waals surface area (Å²) >= 11 is 1.90. The van der Waals surface area contributed by atoms with Crippen LogP contribution in [0.2, 0.25) is 0 Å². The van der Waals surface area contributed by atoms with Crippen molar-refractivity contribution in [1.29, 1.82) is 0 Å². The van der Waals surface area contributed by atoms with Gasteiger partial charge < -0.3 is 10.1 Å². The van der Waals surface area contributed by atoms with Gasteiger partial charge in [-0.25, -0.2) is 0 Å². The fourth-order valence-electron chi connectivity index (χ4n) is 2.99. The molecule has 3 rings (SSSR count). The fraction of sp³-hybridized carbons (Fsp3) is 0.500. The number of hydrogen-bond donors (Lipinski definition) is 1. The van der Waals surface area contributed by atoms with E-state index in [9.17, 15) is 0 Å². The lowest BCUT2D eigenvalue weighted by Gasteiger charge is -2.34. The highest BCUT2D eigenvalue weighted by atomic mass is 32.1. The summed E-state index contributed by atoms with van der Waals surface area (Å²) in [4.78, 5) is 9.46. The minimum Gasteiger partial charge on any atom is -0.379 e. The van der Waals surface area contributed by atoms with E-state index in [-0.39, 0.29) is 0 Å². The second-order valence-electron chi connectivity index (χ2n) is 6.02. The zero-order valence-electron chi connectivity index (χ0n) is 13.9. The van der Waals surface area contributed by atoms with Gasteiger partial charge in [0.2, 0.25) is 0 Å². The van der Waals surface area contributed by atoms with E-state index in [2.05, 4.69) is 53.3 Å². The van der Waals surface area contributed by atoms with E-state index in [1.807, 2.05) is 23.7 Å². The largest absolute Gasteiger partial charge is 0.379 e. The molecule has 2 atom stereocenters. The third-order valence-electron chi connectivity index (χ3n) is 4.40. The number of morpholine rings is 1. The minimum atomic E-state index is 0.322. The molecule has 1 fully saturated rings. The van der Waals surface area contributed by atoms with Crippen molar-refractivity contribution in [2.75, 3.05) is 32.8 Å². The van der Waals surface area contributed by atoms with E-state index in [4.69, 9.17) is 4.74 Å². The van der Waals surface area contributed by atoms with E-state index in [0.717, 1.165) is 32.8 Å². The molecule has 2 aromatic heterocycles. The molecule has 0 unspecified atom stereocenters. The molecule has 23 heavy (non-hydrogen) atoms. The van der Waals surface area contributed by atoms with Gasteiger partial charge >= 0.3 is 0 Å². The summed E-state index contributed by atoms with van der Waals surface area (Å²) in [6, 6.07) is 9.40.